The molecule has 2 saturated heterocycles. The van der Waals surface area contributed by atoms with E-state index in [1.54, 1.807) is 6.92 Å². The van der Waals surface area contributed by atoms with Gasteiger partial charge in [-0.2, -0.15) is 26.3 Å². The van der Waals surface area contributed by atoms with Gasteiger partial charge in [-0.3, -0.25) is 19.1 Å². The second-order valence-electron chi connectivity index (χ2n) is 16.2. The van der Waals surface area contributed by atoms with E-state index in [0.717, 1.165) is 23.2 Å². The number of fused-ring (bicyclic) bond motifs is 2. The summed E-state index contributed by atoms with van der Waals surface area (Å²) in [5.41, 5.74) is -5.86. The van der Waals surface area contributed by atoms with Crippen molar-refractivity contribution in [3.05, 3.63) is 23.9 Å². The molecule has 0 bridgehead atoms. The third-order valence-corrected chi connectivity index (χ3v) is 13.5. The molecule has 4 amide bonds. The monoisotopic (exact) mass is 811 g/mol. The van der Waals surface area contributed by atoms with Crippen LogP contribution in [-0.4, -0.2) is 88.9 Å². The fraction of sp³-hybridized carbons (Fsp3) is 0.743. The van der Waals surface area contributed by atoms with Gasteiger partial charge < -0.3 is 25.0 Å². The van der Waals surface area contributed by atoms with Crippen LogP contribution in [0.3, 0.4) is 0 Å². The smallest absolute Gasteiger partial charge is 0.427 e. The first-order valence-corrected chi connectivity index (χ1v) is 19.7. The van der Waals surface area contributed by atoms with Crippen molar-refractivity contribution >= 4 is 33.8 Å². The van der Waals surface area contributed by atoms with Gasteiger partial charge in [0, 0.05) is 12.6 Å². The van der Waals surface area contributed by atoms with Crippen molar-refractivity contribution in [2.45, 2.75) is 139 Å². The Morgan fingerprint density at radius 3 is 2.31 bits per heavy atom. The molecular formula is C35H47F6N5O8S. The molecule has 2 saturated carbocycles. The molecule has 0 unspecified atom stereocenters. The predicted octanol–water partition coefficient (Wildman–Crippen LogP) is 4.99. The molecule has 2 aliphatic heterocycles. The van der Waals surface area contributed by atoms with Gasteiger partial charge in [0.25, 0.3) is 5.91 Å². The Morgan fingerprint density at radius 1 is 1.04 bits per heavy atom. The summed E-state index contributed by atoms with van der Waals surface area (Å²) in [7, 11) is -4.13. The number of halogens is 6. The molecule has 2 aliphatic carbocycles. The number of ether oxygens (including phenoxy) is 2. The lowest BCUT2D eigenvalue weighted by Crippen LogP contribution is -2.59. The lowest BCUT2D eigenvalue weighted by Gasteiger charge is -2.34. The number of carbonyl (C=O) groups excluding carboxylic acids is 4. The molecule has 20 heteroatoms. The number of hydrogen-bond donors (Lipinski definition) is 3. The second-order valence-corrected chi connectivity index (χ2v) is 18.4. The highest BCUT2D eigenvalue weighted by Gasteiger charge is 2.63. The van der Waals surface area contributed by atoms with Crippen LogP contribution in [0.2, 0.25) is 0 Å². The number of alkyl carbamates (subject to hydrolysis) is 1. The third kappa shape index (κ3) is 9.09. The molecule has 0 radical (unpaired) electrons. The van der Waals surface area contributed by atoms with Gasteiger partial charge in [0.05, 0.1) is 11.3 Å². The molecule has 3 N–H and O–H groups in total. The zero-order valence-electron chi connectivity index (χ0n) is 31.1. The van der Waals surface area contributed by atoms with Gasteiger partial charge in [-0.15, -0.1) is 0 Å². The minimum Gasteiger partial charge on any atom is -0.472 e. The van der Waals surface area contributed by atoms with Crippen molar-refractivity contribution in [1.82, 2.24) is 25.2 Å². The fourth-order valence-electron chi connectivity index (χ4n) is 7.33. The van der Waals surface area contributed by atoms with Crippen LogP contribution in [0, 0.1) is 17.8 Å². The minimum absolute atomic E-state index is 0.0771. The second kappa shape index (κ2) is 14.9. The number of sulfonamides is 1. The summed E-state index contributed by atoms with van der Waals surface area (Å²) in [5, 5.41) is 4.92. The number of nitrogens with one attached hydrogen (secondary N) is 3. The average molecular weight is 812 g/mol. The summed E-state index contributed by atoms with van der Waals surface area (Å²) in [5.74, 6) is -4.99. The lowest BCUT2D eigenvalue weighted by molar-refractivity contribution is -0.244. The fourth-order valence-corrected chi connectivity index (χ4v) is 8.64. The maximum absolute atomic E-state index is 14.5. The lowest BCUT2D eigenvalue weighted by atomic mass is 9.87. The van der Waals surface area contributed by atoms with E-state index < -0.39 is 117 Å². The van der Waals surface area contributed by atoms with Crippen LogP contribution in [0.4, 0.5) is 31.1 Å². The highest BCUT2D eigenvalue weighted by molar-refractivity contribution is 7.91. The number of pyridine rings is 1. The van der Waals surface area contributed by atoms with Crippen LogP contribution < -0.4 is 20.1 Å². The first kappa shape index (κ1) is 42.3. The van der Waals surface area contributed by atoms with E-state index in [4.69, 9.17) is 9.47 Å². The Kier molecular flexibility index (Phi) is 11.5. The van der Waals surface area contributed by atoms with Crippen molar-refractivity contribution in [2.75, 3.05) is 6.54 Å². The highest BCUT2D eigenvalue weighted by Crippen LogP contribution is 2.49. The van der Waals surface area contributed by atoms with E-state index in [9.17, 15) is 53.9 Å². The molecule has 4 aliphatic rings. The molecular weight excluding hydrogens is 764 g/mol. The van der Waals surface area contributed by atoms with Gasteiger partial charge in [0.1, 0.15) is 29.3 Å². The van der Waals surface area contributed by atoms with Crippen molar-refractivity contribution in [3.63, 3.8) is 0 Å². The number of aromatic nitrogens is 1. The molecule has 3 heterocycles. The maximum Gasteiger partial charge on any atom is 0.427 e. The Bertz CT molecular complexity index is 1770. The molecule has 0 aromatic carbocycles. The summed E-state index contributed by atoms with van der Waals surface area (Å²) < 4.78 is 120. The quantitative estimate of drug-likeness (QED) is 0.321. The number of amides is 4. The van der Waals surface area contributed by atoms with E-state index in [1.165, 1.54) is 6.92 Å². The van der Waals surface area contributed by atoms with Gasteiger partial charge in [-0.05, 0) is 82.8 Å². The van der Waals surface area contributed by atoms with Crippen LogP contribution >= 0.6 is 0 Å². The molecule has 55 heavy (non-hydrogen) atoms. The molecule has 5 rings (SSSR count). The zero-order chi connectivity index (χ0) is 40.9. The molecule has 7 atom stereocenters. The Hall–Kier alpha value is -3.84. The number of nitrogens with zero attached hydrogens (tertiary/aromatic N) is 2. The third-order valence-electron chi connectivity index (χ3n) is 11.3. The first-order chi connectivity index (χ1) is 25.3. The zero-order valence-corrected chi connectivity index (χ0v) is 31.9. The summed E-state index contributed by atoms with van der Waals surface area (Å²) >= 11 is 0. The normalized spacial score (nSPS) is 30.4. The van der Waals surface area contributed by atoms with Crippen molar-refractivity contribution in [2.24, 2.45) is 17.8 Å². The molecule has 1 aromatic rings. The Balaban J connectivity index is 1.50. The van der Waals surface area contributed by atoms with Gasteiger partial charge in [-0.25, -0.2) is 18.2 Å². The van der Waals surface area contributed by atoms with Gasteiger partial charge in [-0.1, -0.05) is 33.1 Å². The van der Waals surface area contributed by atoms with Crippen molar-refractivity contribution in [1.29, 1.82) is 0 Å². The van der Waals surface area contributed by atoms with Gasteiger partial charge >= 0.3 is 18.4 Å². The van der Waals surface area contributed by atoms with E-state index in [1.807, 2.05) is 6.92 Å². The van der Waals surface area contributed by atoms with E-state index >= 15 is 0 Å². The van der Waals surface area contributed by atoms with Crippen LogP contribution in [-0.2, 0) is 35.3 Å². The van der Waals surface area contributed by atoms with Gasteiger partial charge in [0.2, 0.25) is 33.3 Å². The highest BCUT2D eigenvalue weighted by atomic mass is 32.2. The van der Waals surface area contributed by atoms with E-state index in [0.29, 0.717) is 58.8 Å². The largest absolute Gasteiger partial charge is 0.472 e. The van der Waals surface area contributed by atoms with Crippen LogP contribution in [0.5, 0.6) is 5.88 Å². The standard InChI is InChI=1S/C35H47F6N5O8S/c1-19-9-6-7-10-21-17-33(21,29(49)45-55(51,52)32(5)12-13-32)44-26(47)24-16-22(53-27-23(34(36,37)38)11-8-14-42-27)18-46(24)28(48)25(20(2)15-19)43-30(50)54-31(3,4)35(39,40)41/h8,11,14,19-22,24-25H,6-7,9-10,12-13,15-18H2,1-5H3,(H,43,50)(H,44,47)(H,45,49)/t19-,20-,21-,22-,24+,25+,33-/m1/s1. The van der Waals surface area contributed by atoms with Crippen molar-refractivity contribution in [3.8, 4) is 5.88 Å². The Labute approximate surface area is 315 Å². The topological polar surface area (TPSA) is 173 Å². The van der Waals surface area contributed by atoms with Crippen molar-refractivity contribution < 1.29 is 63.4 Å². The average Bonchev–Trinajstić information content (AvgIpc) is 3.94. The number of rotatable bonds is 7. The molecule has 1 aromatic heterocycles. The van der Waals surface area contributed by atoms with Crippen LogP contribution in [0.15, 0.2) is 18.3 Å². The summed E-state index contributed by atoms with van der Waals surface area (Å²) in [6.07, 6.45) is -8.75. The first-order valence-electron chi connectivity index (χ1n) is 18.2. The number of hydrogen-bond acceptors (Lipinski definition) is 9. The van der Waals surface area contributed by atoms with E-state index in [-0.39, 0.29) is 12.3 Å². The number of alkyl halides is 6. The summed E-state index contributed by atoms with van der Waals surface area (Å²) in [6, 6.07) is -1.34. The predicted molar refractivity (Wildman–Crippen MR) is 182 cm³/mol. The molecule has 13 nitrogen and oxygen atoms in total. The minimum atomic E-state index is -4.97. The maximum atomic E-state index is 14.5. The summed E-state index contributed by atoms with van der Waals surface area (Å²) in [6.45, 7) is 5.69. The SMILES string of the molecule is C[C@@H]1CCCC[C@@H]2C[C@@]2(C(=O)NS(=O)(=O)C2(C)CC2)NC(=O)[C@@H]2C[C@@H](Oc3ncccc3C(F)(F)F)CN2C(=O)[C@@H](NC(=O)OC(C)(C)C(F)(F)F)[C@H](C)C1. The molecule has 0 spiro atoms. The molecule has 4 fully saturated rings. The summed E-state index contributed by atoms with van der Waals surface area (Å²) in [4.78, 5) is 60.2. The molecule has 308 valence electrons. The van der Waals surface area contributed by atoms with Crippen LogP contribution in [0.25, 0.3) is 0 Å². The van der Waals surface area contributed by atoms with Gasteiger partial charge in [0.15, 0.2) is 0 Å². The van der Waals surface area contributed by atoms with Crippen LogP contribution in [0.1, 0.15) is 98.0 Å². The Morgan fingerprint density at radius 2 is 1.69 bits per heavy atom. The number of carbonyl (C=O) groups is 4. The van der Waals surface area contributed by atoms with E-state index in [2.05, 4.69) is 20.3 Å².